The standard InChI is InChI=1S/C14H7BrN4O5S/c15-9-3-1-2-8(6-9)13-16-17-14(24-13)25-12-5-4-10(18(20)21)7-11(12)19(22)23/h1-7H. The van der Waals surface area contributed by atoms with Crippen molar-refractivity contribution in [3.63, 3.8) is 0 Å². The predicted octanol–water partition coefficient (Wildman–Crippen LogP) is 4.47. The molecule has 0 amide bonds. The maximum absolute atomic E-state index is 11.1. The van der Waals surface area contributed by atoms with Crippen LogP contribution in [0.1, 0.15) is 0 Å². The number of hydrogen-bond acceptors (Lipinski definition) is 8. The van der Waals surface area contributed by atoms with Crippen LogP contribution in [0.4, 0.5) is 11.4 Å². The maximum Gasteiger partial charge on any atom is 0.290 e. The highest BCUT2D eigenvalue weighted by Crippen LogP contribution is 2.37. The van der Waals surface area contributed by atoms with E-state index in [-0.39, 0.29) is 21.7 Å². The quantitative estimate of drug-likeness (QED) is 0.435. The number of benzene rings is 2. The molecule has 0 aliphatic carbocycles. The lowest BCUT2D eigenvalue weighted by Crippen LogP contribution is -1.94. The smallest absolute Gasteiger partial charge is 0.290 e. The first kappa shape index (κ1) is 17.0. The fourth-order valence-corrected chi connectivity index (χ4v) is 3.10. The van der Waals surface area contributed by atoms with Gasteiger partial charge in [-0.2, -0.15) is 0 Å². The summed E-state index contributed by atoms with van der Waals surface area (Å²) in [6, 6.07) is 10.6. The van der Waals surface area contributed by atoms with Crippen LogP contribution >= 0.6 is 27.7 Å². The van der Waals surface area contributed by atoms with Crippen LogP contribution in [0.5, 0.6) is 0 Å². The van der Waals surface area contributed by atoms with Crippen molar-refractivity contribution >= 4 is 39.1 Å². The van der Waals surface area contributed by atoms with E-state index >= 15 is 0 Å². The summed E-state index contributed by atoms with van der Waals surface area (Å²) in [4.78, 5) is 20.7. The molecule has 1 aromatic heterocycles. The van der Waals surface area contributed by atoms with Crippen molar-refractivity contribution in [2.24, 2.45) is 0 Å². The third-order valence-corrected chi connectivity index (χ3v) is 4.42. The largest absolute Gasteiger partial charge is 0.411 e. The average Bonchev–Trinajstić information content (AvgIpc) is 3.03. The van der Waals surface area contributed by atoms with Crippen LogP contribution in [-0.2, 0) is 0 Å². The summed E-state index contributed by atoms with van der Waals surface area (Å²) >= 11 is 4.21. The lowest BCUT2D eigenvalue weighted by molar-refractivity contribution is -0.396. The van der Waals surface area contributed by atoms with Gasteiger partial charge < -0.3 is 4.42 Å². The molecule has 1 heterocycles. The normalized spacial score (nSPS) is 10.6. The lowest BCUT2D eigenvalue weighted by atomic mass is 10.2. The second-order valence-corrected chi connectivity index (χ2v) is 6.56. The number of rotatable bonds is 5. The molecule has 9 nitrogen and oxygen atoms in total. The molecule has 126 valence electrons. The number of nitrogens with zero attached hydrogens (tertiary/aromatic N) is 4. The van der Waals surface area contributed by atoms with Crippen LogP contribution in [0, 0.1) is 20.2 Å². The van der Waals surface area contributed by atoms with E-state index in [2.05, 4.69) is 26.1 Å². The summed E-state index contributed by atoms with van der Waals surface area (Å²) in [5, 5.41) is 29.8. The molecular weight excluding hydrogens is 416 g/mol. The number of nitro benzene ring substituents is 2. The molecule has 0 saturated carbocycles. The van der Waals surface area contributed by atoms with Gasteiger partial charge in [-0.05, 0) is 36.0 Å². The average molecular weight is 423 g/mol. The molecular formula is C14H7BrN4O5S. The third kappa shape index (κ3) is 3.83. The Bertz CT molecular complexity index is 977. The minimum atomic E-state index is -0.695. The summed E-state index contributed by atoms with van der Waals surface area (Å²) in [5.74, 6) is 0.258. The Balaban J connectivity index is 1.90. The van der Waals surface area contributed by atoms with Crippen molar-refractivity contribution < 1.29 is 14.3 Å². The molecule has 3 aromatic rings. The second-order valence-electron chi connectivity index (χ2n) is 4.65. The molecule has 0 N–H and O–H groups in total. The highest BCUT2D eigenvalue weighted by atomic mass is 79.9. The molecule has 0 saturated heterocycles. The van der Waals surface area contributed by atoms with E-state index in [1.165, 1.54) is 12.1 Å². The van der Waals surface area contributed by atoms with Gasteiger partial charge in [0.15, 0.2) is 0 Å². The Kier molecular flexibility index (Phi) is 4.76. The fraction of sp³-hybridized carbons (Fsp3) is 0. The Morgan fingerprint density at radius 2 is 1.84 bits per heavy atom. The summed E-state index contributed by atoms with van der Waals surface area (Å²) in [7, 11) is 0. The van der Waals surface area contributed by atoms with Gasteiger partial charge in [0.05, 0.1) is 20.8 Å². The first-order valence-electron chi connectivity index (χ1n) is 6.64. The van der Waals surface area contributed by atoms with E-state index in [0.29, 0.717) is 5.56 Å². The van der Waals surface area contributed by atoms with Crippen molar-refractivity contribution in [2.75, 3.05) is 0 Å². The van der Waals surface area contributed by atoms with Gasteiger partial charge >= 0.3 is 0 Å². The zero-order valence-electron chi connectivity index (χ0n) is 12.2. The van der Waals surface area contributed by atoms with E-state index in [1.54, 1.807) is 18.2 Å². The lowest BCUT2D eigenvalue weighted by Gasteiger charge is -1.99. The summed E-state index contributed by atoms with van der Waals surface area (Å²) in [6.07, 6.45) is 0. The number of halogens is 1. The molecule has 0 radical (unpaired) electrons. The van der Waals surface area contributed by atoms with Crippen LogP contribution < -0.4 is 0 Å². The van der Waals surface area contributed by atoms with Crippen molar-refractivity contribution in [3.8, 4) is 11.5 Å². The first-order chi connectivity index (χ1) is 11.9. The molecule has 0 fully saturated rings. The van der Waals surface area contributed by atoms with Crippen molar-refractivity contribution in [3.05, 3.63) is 67.2 Å². The van der Waals surface area contributed by atoms with Gasteiger partial charge in [0.1, 0.15) is 0 Å². The van der Waals surface area contributed by atoms with Gasteiger partial charge in [0, 0.05) is 16.1 Å². The van der Waals surface area contributed by atoms with E-state index in [0.717, 1.165) is 22.3 Å². The molecule has 25 heavy (non-hydrogen) atoms. The Labute approximate surface area is 152 Å². The zero-order chi connectivity index (χ0) is 18.0. The zero-order valence-corrected chi connectivity index (χ0v) is 14.6. The molecule has 0 spiro atoms. The van der Waals surface area contributed by atoms with Crippen LogP contribution in [0.3, 0.4) is 0 Å². The van der Waals surface area contributed by atoms with Gasteiger partial charge in [0.25, 0.3) is 16.6 Å². The van der Waals surface area contributed by atoms with Gasteiger partial charge in [-0.15, -0.1) is 10.2 Å². The van der Waals surface area contributed by atoms with Crippen LogP contribution in [0.15, 0.2) is 61.5 Å². The van der Waals surface area contributed by atoms with Crippen LogP contribution in [-0.4, -0.2) is 20.0 Å². The van der Waals surface area contributed by atoms with E-state index in [9.17, 15) is 20.2 Å². The molecule has 0 unspecified atom stereocenters. The van der Waals surface area contributed by atoms with E-state index in [1.807, 2.05) is 6.07 Å². The molecule has 0 atom stereocenters. The van der Waals surface area contributed by atoms with Gasteiger partial charge in [-0.1, -0.05) is 22.0 Å². The minimum Gasteiger partial charge on any atom is -0.411 e. The van der Waals surface area contributed by atoms with Gasteiger partial charge in [-0.3, -0.25) is 20.2 Å². The van der Waals surface area contributed by atoms with Crippen molar-refractivity contribution in [2.45, 2.75) is 10.1 Å². The highest BCUT2D eigenvalue weighted by Gasteiger charge is 2.22. The minimum absolute atomic E-state index is 0.0897. The topological polar surface area (TPSA) is 125 Å². The molecule has 3 rings (SSSR count). The van der Waals surface area contributed by atoms with Gasteiger partial charge in [-0.25, -0.2) is 0 Å². The Hall–Kier alpha value is -2.79. The number of hydrogen-bond donors (Lipinski definition) is 0. The Morgan fingerprint density at radius 1 is 1.04 bits per heavy atom. The highest BCUT2D eigenvalue weighted by molar-refractivity contribution is 9.10. The molecule has 0 aliphatic rings. The predicted molar refractivity (Wildman–Crippen MR) is 91.3 cm³/mol. The number of non-ortho nitro benzene ring substituents is 1. The van der Waals surface area contributed by atoms with Crippen molar-refractivity contribution in [1.29, 1.82) is 0 Å². The van der Waals surface area contributed by atoms with Crippen molar-refractivity contribution in [1.82, 2.24) is 10.2 Å². The molecule has 11 heteroatoms. The molecule has 0 bridgehead atoms. The fourth-order valence-electron chi connectivity index (χ4n) is 1.93. The molecule has 0 aliphatic heterocycles. The Morgan fingerprint density at radius 3 is 2.52 bits per heavy atom. The SMILES string of the molecule is O=[N+]([O-])c1ccc(Sc2nnc(-c3cccc(Br)c3)o2)c([N+](=O)[O-])c1. The summed E-state index contributed by atoms with van der Waals surface area (Å²) in [6.45, 7) is 0. The first-order valence-corrected chi connectivity index (χ1v) is 8.25. The summed E-state index contributed by atoms with van der Waals surface area (Å²) in [5.41, 5.74) is -0.0790. The monoisotopic (exact) mass is 422 g/mol. The summed E-state index contributed by atoms with van der Waals surface area (Å²) < 4.78 is 6.34. The van der Waals surface area contributed by atoms with E-state index in [4.69, 9.17) is 4.42 Å². The maximum atomic E-state index is 11.1. The van der Waals surface area contributed by atoms with Crippen LogP contribution in [0.25, 0.3) is 11.5 Å². The van der Waals surface area contributed by atoms with Gasteiger partial charge in [0.2, 0.25) is 5.89 Å². The number of aromatic nitrogens is 2. The second kappa shape index (κ2) is 6.99. The van der Waals surface area contributed by atoms with E-state index < -0.39 is 15.5 Å². The van der Waals surface area contributed by atoms with Crippen LogP contribution in [0.2, 0.25) is 0 Å². The third-order valence-electron chi connectivity index (χ3n) is 3.03. The number of nitro groups is 2. The molecule has 2 aromatic carbocycles.